The number of nitrogens with one attached hydrogen (secondary N) is 2. The molecule has 1 aromatic rings. The quantitative estimate of drug-likeness (QED) is 0.612. The standard InChI is InChI=1S/C13H24N2O3S2/c1-3-4-7-18-8-5-6-15-20(16,17)13-9-12(10-14-2)11-19-13/h9,11,14-15H,3-8,10H2,1-2H3. The lowest BCUT2D eigenvalue weighted by molar-refractivity contribution is 0.130. The van der Waals surface area contributed by atoms with Gasteiger partial charge in [-0.25, -0.2) is 13.1 Å². The van der Waals surface area contributed by atoms with E-state index in [0.29, 0.717) is 30.3 Å². The third-order valence-electron chi connectivity index (χ3n) is 2.68. The lowest BCUT2D eigenvalue weighted by Crippen LogP contribution is -2.25. The van der Waals surface area contributed by atoms with Gasteiger partial charge in [0.25, 0.3) is 0 Å². The minimum atomic E-state index is -3.37. The van der Waals surface area contributed by atoms with Crippen molar-refractivity contribution < 1.29 is 13.2 Å². The molecule has 1 aromatic heterocycles. The van der Waals surface area contributed by atoms with Gasteiger partial charge in [-0.1, -0.05) is 13.3 Å². The van der Waals surface area contributed by atoms with Crippen molar-refractivity contribution in [3.63, 3.8) is 0 Å². The van der Waals surface area contributed by atoms with E-state index in [1.165, 1.54) is 11.3 Å². The summed E-state index contributed by atoms with van der Waals surface area (Å²) in [5, 5.41) is 4.86. The van der Waals surface area contributed by atoms with Crippen LogP contribution in [0.25, 0.3) is 0 Å². The van der Waals surface area contributed by atoms with Crippen molar-refractivity contribution in [2.24, 2.45) is 0 Å². The molecule has 1 heterocycles. The molecule has 0 bridgehead atoms. The van der Waals surface area contributed by atoms with E-state index < -0.39 is 10.0 Å². The number of unbranched alkanes of at least 4 members (excludes halogenated alkanes) is 1. The van der Waals surface area contributed by atoms with Gasteiger partial charge in [-0.05, 0) is 36.9 Å². The highest BCUT2D eigenvalue weighted by Gasteiger charge is 2.15. The molecule has 0 radical (unpaired) electrons. The molecule has 0 aliphatic carbocycles. The summed E-state index contributed by atoms with van der Waals surface area (Å²) in [6.07, 6.45) is 2.85. The second-order valence-electron chi connectivity index (χ2n) is 4.52. The molecule has 5 nitrogen and oxygen atoms in total. The summed E-state index contributed by atoms with van der Waals surface area (Å²) in [5.41, 5.74) is 0.987. The Morgan fingerprint density at radius 2 is 2.05 bits per heavy atom. The molecular weight excluding hydrogens is 296 g/mol. The van der Waals surface area contributed by atoms with E-state index in [1.807, 2.05) is 12.4 Å². The summed E-state index contributed by atoms with van der Waals surface area (Å²) in [4.78, 5) is 0. The first-order chi connectivity index (χ1) is 9.60. The number of thiophene rings is 1. The maximum atomic E-state index is 12.0. The minimum absolute atomic E-state index is 0.370. The number of sulfonamides is 1. The Hall–Kier alpha value is -0.470. The Kier molecular flexibility index (Phi) is 8.32. The normalized spacial score (nSPS) is 11.9. The lowest BCUT2D eigenvalue weighted by atomic mass is 10.3. The zero-order valence-corrected chi connectivity index (χ0v) is 13.8. The van der Waals surface area contributed by atoms with Crippen LogP contribution in [-0.2, 0) is 21.3 Å². The molecule has 0 aliphatic heterocycles. The van der Waals surface area contributed by atoms with Crippen LogP contribution in [0, 0.1) is 0 Å². The number of rotatable bonds is 11. The van der Waals surface area contributed by atoms with Crippen LogP contribution >= 0.6 is 11.3 Å². The Bertz CT molecular complexity index is 472. The van der Waals surface area contributed by atoms with Gasteiger partial charge >= 0.3 is 0 Å². The van der Waals surface area contributed by atoms with Gasteiger partial charge in [0.1, 0.15) is 4.21 Å². The fourth-order valence-corrected chi connectivity index (χ4v) is 3.92. The van der Waals surface area contributed by atoms with Crippen molar-refractivity contribution in [1.29, 1.82) is 0 Å². The van der Waals surface area contributed by atoms with E-state index in [9.17, 15) is 8.42 Å². The van der Waals surface area contributed by atoms with E-state index in [2.05, 4.69) is 17.0 Å². The minimum Gasteiger partial charge on any atom is -0.381 e. The zero-order valence-electron chi connectivity index (χ0n) is 12.1. The Balaban J connectivity index is 2.30. The molecular formula is C13H24N2O3S2. The fraction of sp³-hybridized carbons (Fsp3) is 0.692. The molecule has 20 heavy (non-hydrogen) atoms. The predicted octanol–water partition coefficient (Wildman–Crippen LogP) is 1.95. The first kappa shape index (κ1) is 17.6. The van der Waals surface area contributed by atoms with Gasteiger partial charge in [0, 0.05) is 26.3 Å². The highest BCUT2D eigenvalue weighted by Crippen LogP contribution is 2.19. The van der Waals surface area contributed by atoms with E-state index in [4.69, 9.17) is 4.74 Å². The summed E-state index contributed by atoms with van der Waals surface area (Å²) in [7, 11) is -1.53. The van der Waals surface area contributed by atoms with Gasteiger partial charge in [-0.2, -0.15) is 0 Å². The maximum Gasteiger partial charge on any atom is 0.250 e. The smallest absolute Gasteiger partial charge is 0.250 e. The Labute approximate surface area is 125 Å². The SMILES string of the molecule is CCCCOCCCNS(=O)(=O)c1cc(CNC)cs1. The Morgan fingerprint density at radius 3 is 2.75 bits per heavy atom. The molecule has 0 spiro atoms. The van der Waals surface area contributed by atoms with Crippen LogP contribution in [-0.4, -0.2) is 35.2 Å². The summed E-state index contributed by atoms with van der Waals surface area (Å²) in [6, 6.07) is 1.71. The number of hydrogen-bond acceptors (Lipinski definition) is 5. The lowest BCUT2D eigenvalue weighted by Gasteiger charge is -2.05. The largest absolute Gasteiger partial charge is 0.381 e. The molecule has 116 valence electrons. The molecule has 0 atom stereocenters. The average Bonchev–Trinajstić information content (AvgIpc) is 2.88. The fourth-order valence-electron chi connectivity index (χ4n) is 1.59. The number of hydrogen-bond donors (Lipinski definition) is 2. The maximum absolute atomic E-state index is 12.0. The van der Waals surface area contributed by atoms with Crippen molar-refractivity contribution in [2.45, 2.75) is 36.9 Å². The average molecular weight is 320 g/mol. The van der Waals surface area contributed by atoms with Crippen molar-refractivity contribution >= 4 is 21.4 Å². The molecule has 2 N–H and O–H groups in total. The van der Waals surface area contributed by atoms with Gasteiger partial charge < -0.3 is 10.1 Å². The number of ether oxygens (including phenoxy) is 1. The first-order valence-corrected chi connectivity index (χ1v) is 9.26. The summed E-state index contributed by atoms with van der Waals surface area (Å²) < 4.78 is 32.4. The van der Waals surface area contributed by atoms with Crippen LogP contribution in [0.5, 0.6) is 0 Å². The molecule has 0 amide bonds. The van der Waals surface area contributed by atoms with Crippen LogP contribution in [0.15, 0.2) is 15.7 Å². The Morgan fingerprint density at radius 1 is 1.30 bits per heavy atom. The third-order valence-corrected chi connectivity index (χ3v) is 5.62. The van der Waals surface area contributed by atoms with Crippen molar-refractivity contribution in [1.82, 2.24) is 10.0 Å². The van der Waals surface area contributed by atoms with Crippen LogP contribution in [0.2, 0.25) is 0 Å². The van der Waals surface area contributed by atoms with Gasteiger partial charge in [-0.3, -0.25) is 0 Å². The molecule has 0 aromatic carbocycles. The van der Waals surface area contributed by atoms with Gasteiger partial charge in [0.15, 0.2) is 0 Å². The van der Waals surface area contributed by atoms with Crippen LogP contribution in [0.3, 0.4) is 0 Å². The summed E-state index contributed by atoms with van der Waals surface area (Å²) >= 11 is 1.25. The molecule has 0 saturated heterocycles. The highest BCUT2D eigenvalue weighted by atomic mass is 32.2. The summed E-state index contributed by atoms with van der Waals surface area (Å²) in [6.45, 7) is 4.55. The third kappa shape index (κ3) is 6.32. The van der Waals surface area contributed by atoms with E-state index >= 15 is 0 Å². The molecule has 0 fully saturated rings. The van der Waals surface area contributed by atoms with Crippen molar-refractivity contribution in [2.75, 3.05) is 26.8 Å². The van der Waals surface area contributed by atoms with Crippen LogP contribution < -0.4 is 10.0 Å². The second kappa shape index (κ2) is 9.46. The topological polar surface area (TPSA) is 67.4 Å². The van der Waals surface area contributed by atoms with E-state index in [1.54, 1.807) is 6.07 Å². The monoisotopic (exact) mass is 320 g/mol. The first-order valence-electron chi connectivity index (χ1n) is 6.89. The van der Waals surface area contributed by atoms with Crippen molar-refractivity contribution in [3.05, 3.63) is 17.0 Å². The van der Waals surface area contributed by atoms with Crippen LogP contribution in [0.4, 0.5) is 0 Å². The predicted molar refractivity (Wildman–Crippen MR) is 82.6 cm³/mol. The highest BCUT2D eigenvalue weighted by molar-refractivity contribution is 7.91. The molecule has 0 unspecified atom stereocenters. The van der Waals surface area contributed by atoms with Gasteiger partial charge in [-0.15, -0.1) is 11.3 Å². The summed E-state index contributed by atoms with van der Waals surface area (Å²) in [5.74, 6) is 0. The van der Waals surface area contributed by atoms with Crippen LogP contribution in [0.1, 0.15) is 31.7 Å². The van der Waals surface area contributed by atoms with Gasteiger partial charge in [0.05, 0.1) is 0 Å². The zero-order chi connectivity index (χ0) is 14.8. The van der Waals surface area contributed by atoms with Crippen molar-refractivity contribution in [3.8, 4) is 0 Å². The molecule has 0 saturated carbocycles. The molecule has 1 rings (SSSR count). The van der Waals surface area contributed by atoms with E-state index in [0.717, 1.165) is 25.0 Å². The second-order valence-corrected chi connectivity index (χ2v) is 7.43. The molecule has 7 heteroatoms. The van der Waals surface area contributed by atoms with Gasteiger partial charge in [0.2, 0.25) is 10.0 Å². The molecule has 0 aliphatic rings. The van der Waals surface area contributed by atoms with E-state index in [-0.39, 0.29) is 0 Å².